The standard InChI is InChI=1S/C22H30N2O4/c1-3-5-14-28-21-9-7-6-8-20(21)24-22(25)17-23-18-10-12-19(13-11-18)27-16-15-26-4-2/h6-13,23H,3-5,14-17H2,1-2H3,(H,24,25). The van der Waals surface area contributed by atoms with E-state index in [4.69, 9.17) is 14.2 Å². The van der Waals surface area contributed by atoms with Gasteiger partial charge in [-0.3, -0.25) is 4.79 Å². The fourth-order valence-electron chi connectivity index (χ4n) is 2.43. The predicted molar refractivity (Wildman–Crippen MR) is 112 cm³/mol. The third-order valence-electron chi connectivity index (χ3n) is 3.92. The van der Waals surface area contributed by atoms with Gasteiger partial charge in [-0.05, 0) is 49.7 Å². The summed E-state index contributed by atoms with van der Waals surface area (Å²) >= 11 is 0. The topological polar surface area (TPSA) is 68.8 Å². The zero-order valence-corrected chi connectivity index (χ0v) is 16.7. The van der Waals surface area contributed by atoms with E-state index >= 15 is 0 Å². The highest BCUT2D eigenvalue weighted by molar-refractivity contribution is 5.95. The molecule has 0 saturated carbocycles. The van der Waals surface area contributed by atoms with Crippen LogP contribution in [0.4, 0.5) is 11.4 Å². The molecule has 0 atom stereocenters. The second kappa shape index (κ2) is 12.6. The Hall–Kier alpha value is -2.73. The molecule has 0 aliphatic rings. The van der Waals surface area contributed by atoms with E-state index in [1.54, 1.807) is 0 Å². The van der Waals surface area contributed by atoms with E-state index in [9.17, 15) is 4.79 Å². The molecule has 0 unspecified atom stereocenters. The molecule has 0 aromatic heterocycles. The second-order valence-electron chi connectivity index (χ2n) is 6.17. The van der Waals surface area contributed by atoms with E-state index in [1.165, 1.54) is 0 Å². The number of hydrogen-bond donors (Lipinski definition) is 2. The number of ether oxygens (including phenoxy) is 3. The van der Waals surface area contributed by atoms with Crippen LogP contribution in [0.5, 0.6) is 11.5 Å². The Morgan fingerprint density at radius 3 is 2.46 bits per heavy atom. The lowest BCUT2D eigenvalue weighted by Crippen LogP contribution is -2.22. The number of amides is 1. The summed E-state index contributed by atoms with van der Waals surface area (Å²) in [6, 6.07) is 15.0. The van der Waals surface area contributed by atoms with Gasteiger partial charge in [0.15, 0.2) is 0 Å². The van der Waals surface area contributed by atoms with Crippen LogP contribution in [0.2, 0.25) is 0 Å². The zero-order chi connectivity index (χ0) is 20.0. The van der Waals surface area contributed by atoms with Gasteiger partial charge in [-0.15, -0.1) is 0 Å². The van der Waals surface area contributed by atoms with Gasteiger partial charge in [-0.1, -0.05) is 25.5 Å². The summed E-state index contributed by atoms with van der Waals surface area (Å²) in [5.74, 6) is 1.33. The molecule has 2 rings (SSSR count). The molecule has 2 aromatic carbocycles. The number of hydrogen-bond acceptors (Lipinski definition) is 5. The van der Waals surface area contributed by atoms with Gasteiger partial charge < -0.3 is 24.8 Å². The Labute approximate surface area is 167 Å². The van der Waals surface area contributed by atoms with Gasteiger partial charge in [-0.25, -0.2) is 0 Å². The van der Waals surface area contributed by atoms with Gasteiger partial charge in [0.05, 0.1) is 25.4 Å². The Bertz CT molecular complexity index is 704. The Kier molecular flexibility index (Phi) is 9.72. The van der Waals surface area contributed by atoms with Crippen LogP contribution in [0, 0.1) is 0 Å². The van der Waals surface area contributed by atoms with Crippen LogP contribution in [0.15, 0.2) is 48.5 Å². The van der Waals surface area contributed by atoms with Gasteiger partial charge >= 0.3 is 0 Å². The lowest BCUT2D eigenvalue weighted by atomic mass is 10.2. The summed E-state index contributed by atoms with van der Waals surface area (Å²) in [6.07, 6.45) is 2.05. The lowest BCUT2D eigenvalue weighted by Gasteiger charge is -2.13. The van der Waals surface area contributed by atoms with Crippen LogP contribution >= 0.6 is 0 Å². The fraction of sp³-hybridized carbons (Fsp3) is 0.409. The average molecular weight is 386 g/mol. The lowest BCUT2D eigenvalue weighted by molar-refractivity contribution is -0.114. The molecule has 28 heavy (non-hydrogen) atoms. The van der Waals surface area contributed by atoms with Crippen molar-refractivity contribution in [1.29, 1.82) is 0 Å². The van der Waals surface area contributed by atoms with Crippen molar-refractivity contribution in [3.63, 3.8) is 0 Å². The summed E-state index contributed by atoms with van der Waals surface area (Å²) in [6.45, 7) is 6.64. The van der Waals surface area contributed by atoms with E-state index in [1.807, 2.05) is 55.5 Å². The fourth-order valence-corrected chi connectivity index (χ4v) is 2.43. The molecule has 0 heterocycles. The van der Waals surface area contributed by atoms with Crippen molar-refractivity contribution in [1.82, 2.24) is 0 Å². The molecular weight excluding hydrogens is 356 g/mol. The largest absolute Gasteiger partial charge is 0.491 e. The van der Waals surface area contributed by atoms with Crippen LogP contribution in [0.25, 0.3) is 0 Å². The number of rotatable bonds is 13. The first-order valence-electron chi connectivity index (χ1n) is 9.79. The normalized spacial score (nSPS) is 10.4. The highest BCUT2D eigenvalue weighted by atomic mass is 16.5. The molecule has 2 aromatic rings. The summed E-state index contributed by atoms with van der Waals surface area (Å²) in [7, 11) is 0. The monoisotopic (exact) mass is 386 g/mol. The molecule has 1 amide bonds. The molecule has 152 valence electrons. The van der Waals surface area contributed by atoms with Crippen LogP contribution < -0.4 is 20.1 Å². The van der Waals surface area contributed by atoms with E-state index in [0.717, 1.165) is 24.3 Å². The molecule has 0 radical (unpaired) electrons. The summed E-state index contributed by atoms with van der Waals surface area (Å²) in [4.78, 5) is 12.3. The molecule has 0 spiro atoms. The van der Waals surface area contributed by atoms with Gasteiger partial charge in [0, 0.05) is 12.3 Å². The maximum Gasteiger partial charge on any atom is 0.243 e. The first kappa shape index (κ1) is 21.6. The summed E-state index contributed by atoms with van der Waals surface area (Å²) in [5, 5.41) is 6.00. The van der Waals surface area contributed by atoms with Crippen molar-refractivity contribution in [3.8, 4) is 11.5 Å². The molecule has 0 aliphatic carbocycles. The van der Waals surface area contributed by atoms with Crippen molar-refractivity contribution in [2.75, 3.05) is 43.6 Å². The smallest absolute Gasteiger partial charge is 0.243 e. The van der Waals surface area contributed by atoms with E-state index in [0.29, 0.717) is 37.9 Å². The van der Waals surface area contributed by atoms with Gasteiger partial charge in [-0.2, -0.15) is 0 Å². The molecular formula is C22H30N2O4. The minimum atomic E-state index is -0.136. The number of para-hydroxylation sites is 2. The minimum Gasteiger partial charge on any atom is -0.491 e. The third-order valence-corrected chi connectivity index (χ3v) is 3.92. The highest BCUT2D eigenvalue weighted by Crippen LogP contribution is 2.24. The number of anilines is 2. The van der Waals surface area contributed by atoms with Crippen LogP contribution in [0.3, 0.4) is 0 Å². The number of unbranched alkanes of at least 4 members (excludes halogenated alkanes) is 1. The highest BCUT2D eigenvalue weighted by Gasteiger charge is 2.07. The summed E-state index contributed by atoms with van der Waals surface area (Å²) < 4.78 is 16.6. The van der Waals surface area contributed by atoms with Crippen molar-refractivity contribution < 1.29 is 19.0 Å². The Morgan fingerprint density at radius 2 is 1.71 bits per heavy atom. The molecule has 0 fully saturated rings. The van der Waals surface area contributed by atoms with E-state index in [-0.39, 0.29) is 12.5 Å². The molecule has 6 heteroatoms. The van der Waals surface area contributed by atoms with Crippen molar-refractivity contribution >= 4 is 17.3 Å². The predicted octanol–water partition coefficient (Wildman–Crippen LogP) is 4.33. The van der Waals surface area contributed by atoms with E-state index in [2.05, 4.69) is 17.6 Å². The maximum absolute atomic E-state index is 12.3. The minimum absolute atomic E-state index is 0.136. The number of nitrogens with one attached hydrogen (secondary N) is 2. The third kappa shape index (κ3) is 7.88. The Morgan fingerprint density at radius 1 is 0.929 bits per heavy atom. The Balaban J connectivity index is 1.78. The van der Waals surface area contributed by atoms with Crippen LogP contribution in [-0.2, 0) is 9.53 Å². The molecule has 6 nitrogen and oxygen atoms in total. The number of carbonyl (C=O) groups excluding carboxylic acids is 1. The van der Waals surface area contributed by atoms with Crippen molar-refractivity contribution in [2.45, 2.75) is 26.7 Å². The van der Waals surface area contributed by atoms with Gasteiger partial charge in [0.25, 0.3) is 0 Å². The van der Waals surface area contributed by atoms with Gasteiger partial charge in [0.1, 0.15) is 18.1 Å². The first-order chi connectivity index (χ1) is 13.7. The zero-order valence-electron chi connectivity index (χ0n) is 16.7. The molecule has 2 N–H and O–H groups in total. The molecule has 0 saturated heterocycles. The van der Waals surface area contributed by atoms with Crippen LogP contribution in [0.1, 0.15) is 26.7 Å². The summed E-state index contributed by atoms with van der Waals surface area (Å²) in [5.41, 5.74) is 1.53. The van der Waals surface area contributed by atoms with Crippen LogP contribution in [-0.4, -0.2) is 38.9 Å². The molecule has 0 aliphatic heterocycles. The SMILES string of the molecule is CCCCOc1ccccc1NC(=O)CNc1ccc(OCCOCC)cc1. The number of carbonyl (C=O) groups is 1. The molecule has 0 bridgehead atoms. The maximum atomic E-state index is 12.3. The first-order valence-corrected chi connectivity index (χ1v) is 9.79. The van der Waals surface area contributed by atoms with E-state index < -0.39 is 0 Å². The second-order valence-corrected chi connectivity index (χ2v) is 6.17. The van der Waals surface area contributed by atoms with Crippen molar-refractivity contribution in [2.24, 2.45) is 0 Å². The van der Waals surface area contributed by atoms with Gasteiger partial charge in [0.2, 0.25) is 5.91 Å². The quantitative estimate of drug-likeness (QED) is 0.502. The number of benzene rings is 2. The average Bonchev–Trinajstić information content (AvgIpc) is 2.72. The van der Waals surface area contributed by atoms with Crippen molar-refractivity contribution in [3.05, 3.63) is 48.5 Å².